The first-order valence-electron chi connectivity index (χ1n) is 16.3. The summed E-state index contributed by atoms with van der Waals surface area (Å²) in [6.07, 6.45) is 8.45. The minimum atomic E-state index is 0.888. The van der Waals surface area contributed by atoms with Gasteiger partial charge in [-0.15, -0.1) is 0 Å². The van der Waals surface area contributed by atoms with E-state index in [0.29, 0.717) is 0 Å². The van der Waals surface area contributed by atoms with Crippen LogP contribution >= 0.6 is 22.6 Å². The molecule has 2 aliphatic rings. The largest absolute Gasteiger partial charge is 0.355 e. The lowest BCUT2D eigenvalue weighted by Gasteiger charge is -2.13. The van der Waals surface area contributed by atoms with Crippen LogP contribution in [0.1, 0.15) is 22.8 Å². The van der Waals surface area contributed by atoms with E-state index in [-0.39, 0.29) is 0 Å². The van der Waals surface area contributed by atoms with Gasteiger partial charge in [-0.3, -0.25) is 0 Å². The number of H-pyrrole nitrogens is 1. The first-order valence-corrected chi connectivity index (χ1v) is 17.4. The second kappa shape index (κ2) is 12.3. The minimum Gasteiger partial charge on any atom is -0.355 e. The third-order valence-electron chi connectivity index (χ3n) is 8.94. The van der Waals surface area contributed by atoms with E-state index in [1.807, 2.05) is 0 Å². The van der Waals surface area contributed by atoms with Crippen molar-refractivity contribution in [1.82, 2.24) is 19.5 Å². The summed E-state index contributed by atoms with van der Waals surface area (Å²) >= 11 is 2.38. The molecule has 1 N–H and O–H groups in total. The molecule has 0 amide bonds. The fourth-order valence-electron chi connectivity index (χ4n) is 6.82. The summed E-state index contributed by atoms with van der Waals surface area (Å²) in [5, 5.41) is 0. The molecule has 0 aliphatic carbocycles. The molecule has 2 aliphatic heterocycles. The third-order valence-corrected chi connectivity index (χ3v) is 9.66. The number of nitrogens with one attached hydrogen (secondary N) is 1. The van der Waals surface area contributed by atoms with Crippen LogP contribution in [0.4, 0.5) is 0 Å². The van der Waals surface area contributed by atoms with Crippen molar-refractivity contribution in [2.75, 3.05) is 0 Å². The van der Waals surface area contributed by atoms with Crippen molar-refractivity contribution < 1.29 is 0 Å². The Kier molecular flexibility index (Phi) is 7.39. The highest BCUT2D eigenvalue weighted by Gasteiger charge is 2.25. The van der Waals surface area contributed by atoms with Crippen molar-refractivity contribution in [3.8, 4) is 39.1 Å². The van der Waals surface area contributed by atoms with Crippen LogP contribution < -0.4 is 0 Å². The Morgan fingerprint density at radius 3 is 1.65 bits per heavy atom. The van der Waals surface area contributed by atoms with Gasteiger partial charge in [0.1, 0.15) is 0 Å². The molecule has 0 atom stereocenters. The number of aromatic nitrogens is 4. The summed E-state index contributed by atoms with van der Waals surface area (Å²) in [6, 6.07) is 51.5. The maximum atomic E-state index is 5.31. The summed E-state index contributed by atoms with van der Waals surface area (Å²) in [6.45, 7) is 0. The number of rotatable bonds is 4. The van der Waals surface area contributed by atoms with Crippen molar-refractivity contribution in [2.45, 2.75) is 0 Å². The molecule has 8 bridgehead atoms. The molecule has 49 heavy (non-hydrogen) atoms. The van der Waals surface area contributed by atoms with Crippen molar-refractivity contribution >= 4 is 69.0 Å². The van der Waals surface area contributed by atoms with Gasteiger partial charge in [0.2, 0.25) is 0 Å². The van der Waals surface area contributed by atoms with Crippen LogP contribution in [0.2, 0.25) is 0 Å². The lowest BCUT2D eigenvalue weighted by molar-refractivity contribution is 1.17. The van der Waals surface area contributed by atoms with E-state index in [4.69, 9.17) is 9.97 Å². The number of hydrogen-bond donors (Lipinski definition) is 1. The van der Waals surface area contributed by atoms with E-state index >= 15 is 0 Å². The predicted octanol–water partition coefficient (Wildman–Crippen LogP) is 11.7. The Bertz CT molecular complexity index is 2580. The Balaban J connectivity index is 1.61. The third kappa shape index (κ3) is 5.52. The Morgan fingerprint density at radius 1 is 0.469 bits per heavy atom. The van der Waals surface area contributed by atoms with Crippen LogP contribution in [0.15, 0.2) is 146 Å². The van der Waals surface area contributed by atoms with Gasteiger partial charge < -0.3 is 9.55 Å². The normalized spacial score (nSPS) is 12.0. The minimum absolute atomic E-state index is 0.888. The van der Waals surface area contributed by atoms with E-state index in [9.17, 15) is 0 Å². The second-order valence-corrected chi connectivity index (χ2v) is 13.4. The van der Waals surface area contributed by atoms with Crippen molar-refractivity contribution in [2.24, 2.45) is 0 Å². The second-order valence-electron chi connectivity index (χ2n) is 12.1. The molecule has 4 aromatic carbocycles. The van der Waals surface area contributed by atoms with Gasteiger partial charge in [-0.25, -0.2) is 9.97 Å². The molecule has 0 fully saturated rings. The molecule has 0 saturated carbocycles. The Hall–Kier alpha value is -5.79. The predicted molar refractivity (Wildman–Crippen MR) is 213 cm³/mol. The maximum Gasteiger partial charge on any atom is 0.0737 e. The van der Waals surface area contributed by atoms with Crippen LogP contribution in [-0.4, -0.2) is 19.5 Å². The van der Waals surface area contributed by atoms with Gasteiger partial charge in [0, 0.05) is 37.0 Å². The lowest BCUT2D eigenvalue weighted by atomic mass is 9.93. The highest BCUT2D eigenvalue weighted by atomic mass is 127. The number of para-hydroxylation sites is 1. The van der Waals surface area contributed by atoms with Crippen molar-refractivity contribution in [3.63, 3.8) is 0 Å². The summed E-state index contributed by atoms with van der Waals surface area (Å²) in [4.78, 5) is 13.9. The van der Waals surface area contributed by atoms with E-state index in [1.54, 1.807) is 0 Å². The summed E-state index contributed by atoms with van der Waals surface area (Å²) in [5.74, 6) is 0. The average Bonchev–Trinajstić information content (AvgIpc) is 3.95. The summed E-state index contributed by atoms with van der Waals surface area (Å²) in [7, 11) is 0. The number of fused-ring (bicyclic) bond motifs is 8. The van der Waals surface area contributed by atoms with Crippen LogP contribution in [0.5, 0.6) is 0 Å². The van der Waals surface area contributed by atoms with Crippen molar-refractivity contribution in [3.05, 3.63) is 172 Å². The van der Waals surface area contributed by atoms with Crippen LogP contribution in [-0.2, 0) is 0 Å². The topological polar surface area (TPSA) is 46.5 Å². The molecule has 5 heteroatoms. The standard InChI is InChI=1S/C44H29IN4/c45-32-18-16-31(17-19-32)41-39-25-24-36(48-39)27-35-21-20-33(46-35)26-34-22-23-37(47-34)28-40-42(29-10-4-1-5-11-29)43(30-12-6-2-7-13-30)44(41)49(40)38-14-8-3-9-15-38/h1-28,46H. The lowest BCUT2D eigenvalue weighted by Crippen LogP contribution is -1.97. The smallest absolute Gasteiger partial charge is 0.0737 e. The van der Waals surface area contributed by atoms with Gasteiger partial charge in [0.15, 0.2) is 0 Å². The zero-order valence-electron chi connectivity index (χ0n) is 26.4. The number of nitrogens with zero attached hydrogens (tertiary/aromatic N) is 3. The fourth-order valence-corrected chi connectivity index (χ4v) is 7.18. The van der Waals surface area contributed by atoms with Crippen LogP contribution in [0.3, 0.4) is 0 Å². The molecule has 7 aromatic rings. The number of halogens is 1. The highest BCUT2D eigenvalue weighted by Crippen LogP contribution is 2.47. The van der Waals surface area contributed by atoms with Crippen molar-refractivity contribution in [1.29, 1.82) is 0 Å². The maximum absolute atomic E-state index is 5.31. The number of hydrogen-bond acceptors (Lipinski definition) is 2. The number of aromatic amines is 1. The highest BCUT2D eigenvalue weighted by molar-refractivity contribution is 14.1. The Labute approximate surface area is 298 Å². The SMILES string of the molecule is Ic1ccc(-c2c3nc(cc4ccc(cc5nc(cc6c(-c7ccccc7)c(-c7ccccc7)c2n6-c2ccccc2)C=C5)[nH]4)C=C3)cc1. The average molecular weight is 741 g/mol. The zero-order valence-corrected chi connectivity index (χ0v) is 28.5. The van der Waals surface area contributed by atoms with Gasteiger partial charge >= 0.3 is 0 Å². The molecular weight excluding hydrogens is 711 g/mol. The molecular formula is C44H29IN4. The molecule has 5 heterocycles. The zero-order chi connectivity index (χ0) is 32.7. The molecule has 4 nitrogen and oxygen atoms in total. The summed E-state index contributed by atoms with van der Waals surface area (Å²) in [5.41, 5.74) is 15.4. The van der Waals surface area contributed by atoms with Gasteiger partial charge in [-0.1, -0.05) is 91.0 Å². The number of benzene rings is 4. The van der Waals surface area contributed by atoms with E-state index in [1.165, 1.54) is 3.57 Å². The summed E-state index contributed by atoms with van der Waals surface area (Å²) < 4.78 is 3.59. The molecule has 3 aromatic heterocycles. The van der Waals surface area contributed by atoms with Crippen LogP contribution in [0.25, 0.3) is 85.4 Å². The van der Waals surface area contributed by atoms with E-state index in [0.717, 1.165) is 83.9 Å². The van der Waals surface area contributed by atoms with E-state index in [2.05, 4.69) is 202 Å². The van der Waals surface area contributed by atoms with Crippen LogP contribution in [0, 0.1) is 3.57 Å². The molecule has 0 unspecified atom stereocenters. The van der Waals surface area contributed by atoms with Gasteiger partial charge in [0.05, 0.1) is 33.8 Å². The Morgan fingerprint density at radius 2 is 1.00 bits per heavy atom. The molecule has 0 radical (unpaired) electrons. The molecule has 9 rings (SSSR count). The first-order chi connectivity index (χ1) is 24.2. The molecule has 0 spiro atoms. The quantitative estimate of drug-likeness (QED) is 0.183. The monoisotopic (exact) mass is 740 g/mol. The van der Waals surface area contributed by atoms with E-state index < -0.39 is 0 Å². The first kappa shape index (κ1) is 29.4. The van der Waals surface area contributed by atoms with Gasteiger partial charge in [0.25, 0.3) is 0 Å². The molecule has 232 valence electrons. The van der Waals surface area contributed by atoms with Gasteiger partial charge in [-0.05, 0) is 118 Å². The van der Waals surface area contributed by atoms with Gasteiger partial charge in [-0.2, -0.15) is 0 Å². The fraction of sp³-hybridized carbons (Fsp3) is 0. The molecule has 0 saturated heterocycles.